The topological polar surface area (TPSA) is 67.4 Å². The molecule has 2 amide bonds. The highest BCUT2D eigenvalue weighted by molar-refractivity contribution is 6.06. The smallest absolute Gasteiger partial charge is 0.259 e. The summed E-state index contributed by atoms with van der Waals surface area (Å²) in [5.41, 5.74) is 1.77. The van der Waals surface area contributed by atoms with E-state index in [9.17, 15) is 9.59 Å². The fourth-order valence-corrected chi connectivity index (χ4v) is 2.62. The Morgan fingerprint density at radius 2 is 1.71 bits per heavy atom. The molecule has 0 saturated heterocycles. The lowest BCUT2D eigenvalue weighted by Crippen LogP contribution is -2.28. The fourth-order valence-electron chi connectivity index (χ4n) is 2.62. The van der Waals surface area contributed by atoms with Gasteiger partial charge in [-0.25, -0.2) is 0 Å². The van der Waals surface area contributed by atoms with Crippen molar-refractivity contribution in [1.29, 1.82) is 0 Å². The largest absolute Gasteiger partial charge is 0.496 e. The Bertz CT molecular complexity index is 754. The van der Waals surface area contributed by atoms with E-state index in [2.05, 4.69) is 10.6 Å². The Morgan fingerprint density at radius 3 is 2.38 bits per heavy atom. The van der Waals surface area contributed by atoms with E-state index in [0.717, 1.165) is 19.3 Å². The average Bonchev–Trinajstić information content (AvgIpc) is 2.53. The highest BCUT2D eigenvalue weighted by Crippen LogP contribution is 2.28. The predicted octanol–water partition coefficient (Wildman–Crippen LogP) is 3.69. The molecule has 0 heterocycles. The molecule has 0 bridgehead atoms. The van der Waals surface area contributed by atoms with Crippen molar-refractivity contribution in [3.8, 4) is 5.75 Å². The van der Waals surface area contributed by atoms with Gasteiger partial charge in [-0.2, -0.15) is 0 Å². The van der Waals surface area contributed by atoms with E-state index in [4.69, 9.17) is 4.74 Å². The van der Waals surface area contributed by atoms with Gasteiger partial charge in [0.05, 0.1) is 12.7 Å². The maximum Gasteiger partial charge on any atom is 0.259 e. The van der Waals surface area contributed by atoms with Crippen LogP contribution in [0.15, 0.2) is 48.5 Å². The third kappa shape index (κ3) is 3.56. The van der Waals surface area contributed by atoms with Crippen LogP contribution in [0.25, 0.3) is 0 Å². The van der Waals surface area contributed by atoms with Crippen molar-refractivity contribution in [2.24, 2.45) is 5.92 Å². The van der Waals surface area contributed by atoms with Crippen LogP contribution in [0.5, 0.6) is 5.75 Å². The molecule has 0 aromatic heterocycles. The molecule has 1 aliphatic carbocycles. The van der Waals surface area contributed by atoms with Gasteiger partial charge in [0.2, 0.25) is 5.91 Å². The van der Waals surface area contributed by atoms with Crippen molar-refractivity contribution in [3.05, 3.63) is 54.1 Å². The molecule has 0 aliphatic heterocycles. The lowest BCUT2D eigenvalue weighted by atomic mass is 9.85. The van der Waals surface area contributed by atoms with Crippen LogP contribution in [0, 0.1) is 5.92 Å². The molecule has 1 fully saturated rings. The molecule has 0 unspecified atom stereocenters. The highest BCUT2D eigenvalue weighted by atomic mass is 16.5. The van der Waals surface area contributed by atoms with E-state index >= 15 is 0 Å². The molecule has 1 aliphatic rings. The molecule has 1 saturated carbocycles. The van der Waals surface area contributed by atoms with Gasteiger partial charge in [0.25, 0.3) is 5.91 Å². The Kier molecular flexibility index (Phi) is 4.79. The van der Waals surface area contributed by atoms with Crippen LogP contribution in [0.2, 0.25) is 0 Å². The summed E-state index contributed by atoms with van der Waals surface area (Å²) in [4.78, 5) is 24.4. The van der Waals surface area contributed by atoms with Gasteiger partial charge in [0, 0.05) is 17.3 Å². The summed E-state index contributed by atoms with van der Waals surface area (Å²) in [5, 5.41) is 5.74. The van der Waals surface area contributed by atoms with Gasteiger partial charge in [-0.1, -0.05) is 24.6 Å². The predicted molar refractivity (Wildman–Crippen MR) is 93.4 cm³/mol. The number of anilines is 2. The molecule has 5 nitrogen and oxygen atoms in total. The summed E-state index contributed by atoms with van der Waals surface area (Å²) in [5.74, 6) is 0.436. The van der Waals surface area contributed by atoms with Crippen LogP contribution >= 0.6 is 0 Å². The zero-order chi connectivity index (χ0) is 16.9. The highest BCUT2D eigenvalue weighted by Gasteiger charge is 2.25. The summed E-state index contributed by atoms with van der Waals surface area (Å²) < 4.78 is 5.21. The number of nitrogens with one attached hydrogen (secondary N) is 2. The van der Waals surface area contributed by atoms with Gasteiger partial charge in [0.1, 0.15) is 5.75 Å². The van der Waals surface area contributed by atoms with Crippen LogP contribution in [-0.2, 0) is 4.79 Å². The van der Waals surface area contributed by atoms with Gasteiger partial charge >= 0.3 is 0 Å². The average molecular weight is 324 g/mol. The minimum atomic E-state index is -0.255. The SMILES string of the molecule is COc1ccccc1C(=O)Nc1cccc(NC(=O)C2CCC2)c1. The molecular weight excluding hydrogens is 304 g/mol. The summed E-state index contributed by atoms with van der Waals surface area (Å²) in [7, 11) is 1.53. The third-order valence-electron chi connectivity index (χ3n) is 4.22. The molecule has 3 rings (SSSR count). The molecule has 124 valence electrons. The number of amides is 2. The first-order chi connectivity index (χ1) is 11.7. The van der Waals surface area contributed by atoms with E-state index in [-0.39, 0.29) is 17.7 Å². The number of hydrogen-bond donors (Lipinski definition) is 2. The number of ether oxygens (including phenoxy) is 1. The van der Waals surface area contributed by atoms with Crippen molar-refractivity contribution >= 4 is 23.2 Å². The standard InChI is InChI=1S/C19H20N2O3/c1-24-17-11-3-2-10-16(17)19(23)21-15-9-5-8-14(12-15)20-18(22)13-6-4-7-13/h2-3,5,8-13H,4,6-7H2,1H3,(H,20,22)(H,21,23). The van der Waals surface area contributed by atoms with Gasteiger partial charge in [-0.3, -0.25) is 9.59 Å². The molecule has 2 aromatic rings. The minimum absolute atomic E-state index is 0.0504. The molecular formula is C19H20N2O3. The number of hydrogen-bond acceptors (Lipinski definition) is 3. The van der Waals surface area contributed by atoms with Crippen molar-refractivity contribution in [2.75, 3.05) is 17.7 Å². The summed E-state index contributed by atoms with van der Waals surface area (Å²) in [6.45, 7) is 0. The summed E-state index contributed by atoms with van der Waals surface area (Å²) >= 11 is 0. The molecule has 2 aromatic carbocycles. The van der Waals surface area contributed by atoms with E-state index in [0.29, 0.717) is 22.7 Å². The van der Waals surface area contributed by atoms with Gasteiger partial charge in [-0.15, -0.1) is 0 Å². The van der Waals surface area contributed by atoms with E-state index in [1.165, 1.54) is 7.11 Å². The molecule has 5 heteroatoms. The molecule has 2 N–H and O–H groups in total. The quantitative estimate of drug-likeness (QED) is 0.881. The molecule has 0 radical (unpaired) electrons. The molecule has 24 heavy (non-hydrogen) atoms. The lowest BCUT2D eigenvalue weighted by Gasteiger charge is -2.24. The Labute approximate surface area is 141 Å². The van der Waals surface area contributed by atoms with Crippen LogP contribution in [0.1, 0.15) is 29.6 Å². The van der Waals surface area contributed by atoms with E-state index in [1.54, 1.807) is 36.4 Å². The fraction of sp³-hybridized carbons (Fsp3) is 0.263. The lowest BCUT2D eigenvalue weighted by molar-refractivity contribution is -0.122. The number of methoxy groups -OCH3 is 1. The first kappa shape index (κ1) is 16.1. The first-order valence-corrected chi connectivity index (χ1v) is 8.02. The van der Waals surface area contributed by atoms with Crippen molar-refractivity contribution < 1.29 is 14.3 Å². The Balaban J connectivity index is 1.69. The number of carbonyl (C=O) groups excluding carboxylic acids is 2. The number of para-hydroxylation sites is 1. The van der Waals surface area contributed by atoms with Gasteiger partial charge in [0.15, 0.2) is 0 Å². The normalized spacial score (nSPS) is 13.7. The van der Waals surface area contributed by atoms with Gasteiger partial charge in [-0.05, 0) is 43.2 Å². The van der Waals surface area contributed by atoms with Crippen LogP contribution < -0.4 is 15.4 Å². The Hall–Kier alpha value is -2.82. The van der Waals surface area contributed by atoms with E-state index < -0.39 is 0 Å². The monoisotopic (exact) mass is 324 g/mol. The second-order valence-electron chi connectivity index (χ2n) is 5.85. The minimum Gasteiger partial charge on any atom is -0.496 e. The summed E-state index contributed by atoms with van der Waals surface area (Å²) in [6, 6.07) is 14.2. The van der Waals surface area contributed by atoms with Crippen molar-refractivity contribution in [2.45, 2.75) is 19.3 Å². The zero-order valence-corrected chi connectivity index (χ0v) is 13.5. The number of carbonyl (C=O) groups is 2. The zero-order valence-electron chi connectivity index (χ0n) is 13.5. The van der Waals surface area contributed by atoms with Crippen LogP contribution in [0.3, 0.4) is 0 Å². The third-order valence-corrected chi connectivity index (χ3v) is 4.22. The van der Waals surface area contributed by atoms with Crippen molar-refractivity contribution in [3.63, 3.8) is 0 Å². The Morgan fingerprint density at radius 1 is 1.00 bits per heavy atom. The first-order valence-electron chi connectivity index (χ1n) is 8.02. The number of rotatable bonds is 5. The second-order valence-corrected chi connectivity index (χ2v) is 5.85. The number of benzene rings is 2. The molecule has 0 spiro atoms. The van der Waals surface area contributed by atoms with Crippen molar-refractivity contribution in [1.82, 2.24) is 0 Å². The van der Waals surface area contributed by atoms with Crippen LogP contribution in [-0.4, -0.2) is 18.9 Å². The second kappa shape index (κ2) is 7.17. The summed E-state index contributed by atoms with van der Waals surface area (Å²) in [6.07, 6.45) is 3.03. The molecule has 0 atom stereocenters. The van der Waals surface area contributed by atoms with Gasteiger partial charge < -0.3 is 15.4 Å². The maximum atomic E-state index is 12.4. The van der Waals surface area contributed by atoms with E-state index in [1.807, 2.05) is 12.1 Å². The van der Waals surface area contributed by atoms with Crippen LogP contribution in [0.4, 0.5) is 11.4 Å². The maximum absolute atomic E-state index is 12.4.